The average molecular weight is 515 g/mol. The highest BCUT2D eigenvalue weighted by Gasteiger charge is 2.19. The van der Waals surface area contributed by atoms with Crippen molar-refractivity contribution in [2.24, 2.45) is 0 Å². The molecule has 1 N–H and O–H groups in total. The van der Waals surface area contributed by atoms with Crippen LogP contribution in [0.4, 0.5) is 0 Å². The molecule has 176 valence electrons. The van der Waals surface area contributed by atoms with Crippen molar-refractivity contribution >= 4 is 40.6 Å². The van der Waals surface area contributed by atoms with Gasteiger partial charge in [0, 0.05) is 29.2 Å². The smallest absolute Gasteiger partial charge is 0.270 e. The first-order chi connectivity index (χ1) is 16.7. The molecular weight excluding hydrogens is 492 g/mol. The molecule has 4 heterocycles. The first kappa shape index (κ1) is 23.1. The summed E-state index contributed by atoms with van der Waals surface area (Å²) in [5.74, 6) is 1.66. The third kappa shape index (κ3) is 5.35. The Morgan fingerprint density at radius 1 is 1.18 bits per heavy atom. The Bertz CT molecular complexity index is 1230. The van der Waals surface area contributed by atoms with E-state index in [-0.39, 0.29) is 5.91 Å². The zero-order valence-electron chi connectivity index (χ0n) is 18.3. The van der Waals surface area contributed by atoms with Crippen LogP contribution in [-0.2, 0) is 5.75 Å². The second kappa shape index (κ2) is 10.7. The van der Waals surface area contributed by atoms with Gasteiger partial charge in [-0.15, -0.1) is 21.5 Å². The number of aromatic nitrogens is 4. The van der Waals surface area contributed by atoms with E-state index in [2.05, 4.69) is 25.4 Å². The minimum Gasteiger partial charge on any atom is -0.461 e. The largest absolute Gasteiger partial charge is 0.461 e. The molecule has 11 heteroatoms. The van der Waals surface area contributed by atoms with Crippen LogP contribution in [0, 0.1) is 0 Å². The van der Waals surface area contributed by atoms with E-state index in [4.69, 9.17) is 16.0 Å². The van der Waals surface area contributed by atoms with E-state index in [1.54, 1.807) is 11.6 Å². The Hall–Kier alpha value is -2.66. The van der Waals surface area contributed by atoms with Crippen LogP contribution in [-0.4, -0.2) is 56.7 Å². The van der Waals surface area contributed by atoms with Crippen molar-refractivity contribution in [2.45, 2.75) is 23.8 Å². The molecule has 0 saturated carbocycles. The fourth-order valence-electron chi connectivity index (χ4n) is 3.78. The molecule has 1 fully saturated rings. The third-order valence-electron chi connectivity index (χ3n) is 5.48. The van der Waals surface area contributed by atoms with Crippen molar-refractivity contribution in [1.82, 2.24) is 30.0 Å². The van der Waals surface area contributed by atoms with Crippen LogP contribution in [0.2, 0.25) is 5.02 Å². The SMILES string of the molecule is O=C(NCCN1CCCC1)c1csc(CSc2nnc(-c3ccco3)n2-c2ccc(Cl)cc2)n1. The van der Waals surface area contributed by atoms with Gasteiger partial charge in [-0.2, -0.15) is 0 Å². The zero-order chi connectivity index (χ0) is 23.3. The first-order valence-corrected chi connectivity index (χ1v) is 13.2. The Morgan fingerprint density at radius 3 is 2.76 bits per heavy atom. The minimum absolute atomic E-state index is 0.129. The van der Waals surface area contributed by atoms with Crippen LogP contribution in [0.15, 0.2) is 57.6 Å². The second-order valence-electron chi connectivity index (χ2n) is 7.82. The quantitative estimate of drug-likeness (QED) is 0.322. The number of benzene rings is 1. The highest BCUT2D eigenvalue weighted by atomic mass is 35.5. The van der Waals surface area contributed by atoms with Crippen LogP contribution in [0.1, 0.15) is 28.3 Å². The normalized spacial score (nSPS) is 14.0. The van der Waals surface area contributed by atoms with E-state index in [0.717, 1.165) is 30.3 Å². The average Bonchev–Trinajstić information content (AvgIpc) is 3.65. The van der Waals surface area contributed by atoms with Gasteiger partial charge in [-0.1, -0.05) is 23.4 Å². The molecule has 1 aromatic carbocycles. The zero-order valence-corrected chi connectivity index (χ0v) is 20.7. The summed E-state index contributed by atoms with van der Waals surface area (Å²) in [6.07, 6.45) is 4.10. The molecule has 1 aliphatic heterocycles. The Kier molecular flexibility index (Phi) is 7.29. The Balaban J connectivity index is 1.26. The molecule has 0 aliphatic carbocycles. The maximum Gasteiger partial charge on any atom is 0.270 e. The second-order valence-corrected chi connectivity index (χ2v) is 10.1. The summed E-state index contributed by atoms with van der Waals surface area (Å²) in [6, 6.07) is 11.1. The molecule has 1 amide bonds. The van der Waals surface area contributed by atoms with Crippen LogP contribution < -0.4 is 5.32 Å². The molecule has 0 bridgehead atoms. The summed E-state index contributed by atoms with van der Waals surface area (Å²) in [4.78, 5) is 19.4. The van der Waals surface area contributed by atoms with Crippen LogP contribution in [0.25, 0.3) is 17.3 Å². The van der Waals surface area contributed by atoms with Gasteiger partial charge in [0.2, 0.25) is 5.82 Å². The maximum atomic E-state index is 12.5. The number of halogens is 1. The Morgan fingerprint density at radius 2 is 2.00 bits per heavy atom. The number of thioether (sulfide) groups is 1. The number of carbonyl (C=O) groups excluding carboxylic acids is 1. The van der Waals surface area contributed by atoms with E-state index in [1.165, 1.54) is 35.9 Å². The number of nitrogens with zero attached hydrogens (tertiary/aromatic N) is 5. The van der Waals surface area contributed by atoms with E-state index in [1.807, 2.05) is 41.0 Å². The monoisotopic (exact) mass is 514 g/mol. The lowest BCUT2D eigenvalue weighted by atomic mass is 10.3. The molecule has 0 unspecified atom stereocenters. The van der Waals surface area contributed by atoms with Gasteiger partial charge < -0.3 is 14.6 Å². The van der Waals surface area contributed by atoms with Gasteiger partial charge in [0.15, 0.2) is 10.9 Å². The van der Waals surface area contributed by atoms with Gasteiger partial charge >= 0.3 is 0 Å². The van der Waals surface area contributed by atoms with Crippen molar-refractivity contribution in [3.05, 3.63) is 63.8 Å². The topological polar surface area (TPSA) is 89.1 Å². The van der Waals surface area contributed by atoms with Crippen LogP contribution in [0.5, 0.6) is 0 Å². The van der Waals surface area contributed by atoms with Crippen LogP contribution in [0.3, 0.4) is 0 Å². The standard InChI is InChI=1S/C23H23ClN6O2S2/c24-16-5-7-17(8-6-16)30-21(19-4-3-13-32-19)27-28-23(30)34-15-20-26-18(14-33-20)22(31)25-9-12-29-10-1-2-11-29/h3-8,13-14H,1-2,9-12,15H2,(H,25,31). The van der Waals surface area contributed by atoms with Crippen molar-refractivity contribution < 1.29 is 9.21 Å². The van der Waals surface area contributed by atoms with Gasteiger partial charge in [0.1, 0.15) is 10.7 Å². The molecule has 1 aliphatic rings. The van der Waals surface area contributed by atoms with Crippen molar-refractivity contribution in [3.63, 3.8) is 0 Å². The summed E-state index contributed by atoms with van der Waals surface area (Å²) in [6.45, 7) is 3.77. The van der Waals surface area contributed by atoms with Crippen molar-refractivity contribution in [1.29, 1.82) is 0 Å². The summed E-state index contributed by atoms with van der Waals surface area (Å²) >= 11 is 9.05. The molecule has 0 atom stereocenters. The summed E-state index contributed by atoms with van der Waals surface area (Å²) in [5.41, 5.74) is 1.33. The first-order valence-electron chi connectivity index (χ1n) is 11.0. The van der Waals surface area contributed by atoms with E-state index < -0.39 is 0 Å². The molecule has 0 spiro atoms. The predicted molar refractivity (Wildman–Crippen MR) is 134 cm³/mol. The molecular formula is C23H23ClN6O2S2. The molecule has 0 radical (unpaired) electrons. The number of thiazole rings is 1. The molecule has 5 rings (SSSR count). The minimum atomic E-state index is -0.129. The number of hydrogen-bond donors (Lipinski definition) is 1. The van der Waals surface area contributed by atoms with Crippen molar-refractivity contribution in [2.75, 3.05) is 26.2 Å². The van der Waals surface area contributed by atoms with E-state index in [9.17, 15) is 4.79 Å². The molecule has 1 saturated heterocycles. The number of carbonyl (C=O) groups is 1. The Labute approximate surface area is 210 Å². The fourth-order valence-corrected chi connectivity index (χ4v) is 5.65. The molecule has 3 aromatic heterocycles. The lowest BCUT2D eigenvalue weighted by Gasteiger charge is -2.14. The van der Waals surface area contributed by atoms with E-state index >= 15 is 0 Å². The number of hydrogen-bond acceptors (Lipinski definition) is 8. The van der Waals surface area contributed by atoms with Gasteiger partial charge in [-0.25, -0.2) is 4.98 Å². The van der Waals surface area contributed by atoms with Crippen LogP contribution >= 0.6 is 34.7 Å². The number of furan rings is 1. The molecule has 8 nitrogen and oxygen atoms in total. The number of likely N-dealkylation sites (tertiary alicyclic amines) is 1. The van der Waals surface area contributed by atoms with Gasteiger partial charge in [0.25, 0.3) is 5.91 Å². The lowest BCUT2D eigenvalue weighted by molar-refractivity contribution is 0.0945. The summed E-state index contributed by atoms with van der Waals surface area (Å²) in [5, 5.41) is 15.7. The van der Waals surface area contributed by atoms with Gasteiger partial charge in [-0.3, -0.25) is 9.36 Å². The summed E-state index contributed by atoms with van der Waals surface area (Å²) < 4.78 is 7.49. The highest BCUT2D eigenvalue weighted by molar-refractivity contribution is 7.98. The number of amides is 1. The summed E-state index contributed by atoms with van der Waals surface area (Å²) in [7, 11) is 0. The fraction of sp³-hybridized carbons (Fsp3) is 0.304. The highest BCUT2D eigenvalue weighted by Crippen LogP contribution is 2.31. The molecule has 4 aromatic rings. The van der Waals surface area contributed by atoms with E-state index in [0.29, 0.717) is 39.8 Å². The van der Waals surface area contributed by atoms with Crippen molar-refractivity contribution in [3.8, 4) is 17.3 Å². The van der Waals surface area contributed by atoms with Gasteiger partial charge in [0.05, 0.1) is 12.0 Å². The number of nitrogens with one attached hydrogen (secondary N) is 1. The molecule has 34 heavy (non-hydrogen) atoms. The lowest BCUT2D eigenvalue weighted by Crippen LogP contribution is -2.33. The third-order valence-corrected chi connectivity index (χ3v) is 7.70. The van der Waals surface area contributed by atoms with Gasteiger partial charge in [-0.05, 0) is 62.3 Å². The number of rotatable bonds is 9. The predicted octanol–water partition coefficient (Wildman–Crippen LogP) is 4.76. The maximum absolute atomic E-state index is 12.5.